The van der Waals surface area contributed by atoms with Crippen LogP contribution in [0.25, 0.3) is 0 Å². The number of aliphatic hydroxyl groups is 1. The normalized spacial score (nSPS) is 12.1. The van der Waals surface area contributed by atoms with Crippen molar-refractivity contribution in [1.82, 2.24) is 4.31 Å². The van der Waals surface area contributed by atoms with E-state index in [-0.39, 0.29) is 6.61 Å². The van der Waals surface area contributed by atoms with E-state index < -0.39 is 10.0 Å². The molecule has 1 rings (SSSR count). The van der Waals surface area contributed by atoms with E-state index in [0.29, 0.717) is 24.4 Å². The van der Waals surface area contributed by atoms with Gasteiger partial charge >= 0.3 is 0 Å². The maximum absolute atomic E-state index is 12.4. The predicted molar refractivity (Wildman–Crippen MR) is 72.1 cm³/mol. The van der Waals surface area contributed by atoms with Crippen LogP contribution in [0.2, 0.25) is 0 Å². The predicted octanol–water partition coefficient (Wildman–Crippen LogP) is 1.70. The van der Waals surface area contributed by atoms with Gasteiger partial charge in [0.15, 0.2) is 0 Å². The molecule has 1 aromatic rings. The van der Waals surface area contributed by atoms with E-state index in [1.165, 1.54) is 4.31 Å². The van der Waals surface area contributed by atoms with Crippen LogP contribution in [-0.4, -0.2) is 37.5 Å². The number of hydrogen-bond acceptors (Lipinski definition) is 3. The molecule has 0 aliphatic heterocycles. The standard InChI is InChI=1S/C13H21NO3S/c1-4-14(8-5-9-15)18(16,17)13-7-6-11(2)10-12(13)3/h6-7,10,15H,4-5,8-9H2,1-3H3. The SMILES string of the molecule is CCN(CCCO)S(=O)(=O)c1ccc(C)cc1C. The summed E-state index contributed by atoms with van der Waals surface area (Å²) in [4.78, 5) is 0.355. The Balaban J connectivity index is 3.10. The van der Waals surface area contributed by atoms with E-state index in [1.54, 1.807) is 26.0 Å². The Morgan fingerprint density at radius 1 is 1.28 bits per heavy atom. The quantitative estimate of drug-likeness (QED) is 0.856. The summed E-state index contributed by atoms with van der Waals surface area (Å²) in [7, 11) is -3.45. The summed E-state index contributed by atoms with van der Waals surface area (Å²) in [5, 5.41) is 8.82. The van der Waals surface area contributed by atoms with Crippen LogP contribution < -0.4 is 0 Å². The summed E-state index contributed by atoms with van der Waals surface area (Å²) in [6.45, 7) is 6.31. The molecule has 102 valence electrons. The van der Waals surface area contributed by atoms with E-state index in [4.69, 9.17) is 5.11 Å². The van der Waals surface area contributed by atoms with Crippen LogP contribution in [0, 0.1) is 13.8 Å². The number of nitrogens with zero attached hydrogens (tertiary/aromatic N) is 1. The molecule has 0 bridgehead atoms. The van der Waals surface area contributed by atoms with Crippen molar-refractivity contribution in [2.24, 2.45) is 0 Å². The summed E-state index contributed by atoms with van der Waals surface area (Å²) < 4.78 is 26.3. The van der Waals surface area contributed by atoms with Crippen molar-refractivity contribution in [2.75, 3.05) is 19.7 Å². The van der Waals surface area contributed by atoms with Crippen LogP contribution in [0.1, 0.15) is 24.5 Å². The molecule has 18 heavy (non-hydrogen) atoms. The van der Waals surface area contributed by atoms with Gasteiger partial charge in [-0.15, -0.1) is 0 Å². The Bertz CT molecular complexity index is 497. The third-order valence-electron chi connectivity index (χ3n) is 2.87. The van der Waals surface area contributed by atoms with Gasteiger partial charge in [-0.25, -0.2) is 8.42 Å². The minimum Gasteiger partial charge on any atom is -0.396 e. The summed E-state index contributed by atoms with van der Waals surface area (Å²) in [6.07, 6.45) is 0.456. The van der Waals surface area contributed by atoms with Crippen molar-refractivity contribution in [3.05, 3.63) is 29.3 Å². The smallest absolute Gasteiger partial charge is 0.243 e. The third kappa shape index (κ3) is 3.31. The van der Waals surface area contributed by atoms with Gasteiger partial charge in [-0.3, -0.25) is 0 Å². The van der Waals surface area contributed by atoms with Crippen molar-refractivity contribution in [2.45, 2.75) is 32.1 Å². The first kappa shape index (κ1) is 15.1. The number of benzene rings is 1. The molecule has 1 N–H and O–H groups in total. The van der Waals surface area contributed by atoms with Crippen LogP contribution in [0.3, 0.4) is 0 Å². The lowest BCUT2D eigenvalue weighted by molar-refractivity contribution is 0.271. The molecule has 0 radical (unpaired) electrons. The Hall–Kier alpha value is -0.910. The van der Waals surface area contributed by atoms with Crippen LogP contribution in [0.5, 0.6) is 0 Å². The van der Waals surface area contributed by atoms with Gasteiger partial charge in [0.05, 0.1) is 4.90 Å². The molecule has 0 fully saturated rings. The van der Waals surface area contributed by atoms with Gasteiger partial charge in [0, 0.05) is 19.7 Å². The fourth-order valence-electron chi connectivity index (χ4n) is 1.92. The molecule has 0 aromatic heterocycles. The Morgan fingerprint density at radius 3 is 2.44 bits per heavy atom. The lowest BCUT2D eigenvalue weighted by atomic mass is 10.2. The van der Waals surface area contributed by atoms with E-state index in [1.807, 2.05) is 13.0 Å². The van der Waals surface area contributed by atoms with Gasteiger partial charge in [-0.1, -0.05) is 24.6 Å². The number of aliphatic hydroxyl groups excluding tert-OH is 1. The van der Waals surface area contributed by atoms with E-state index >= 15 is 0 Å². The van der Waals surface area contributed by atoms with Gasteiger partial charge in [-0.05, 0) is 31.9 Å². The van der Waals surface area contributed by atoms with E-state index in [9.17, 15) is 8.42 Å². The fourth-order valence-corrected chi connectivity index (χ4v) is 3.62. The molecule has 0 aliphatic carbocycles. The van der Waals surface area contributed by atoms with Gasteiger partial charge in [0.25, 0.3) is 0 Å². The summed E-state index contributed by atoms with van der Waals surface area (Å²) in [5.41, 5.74) is 1.81. The lowest BCUT2D eigenvalue weighted by Crippen LogP contribution is -2.32. The monoisotopic (exact) mass is 271 g/mol. The van der Waals surface area contributed by atoms with Crippen LogP contribution in [-0.2, 0) is 10.0 Å². The van der Waals surface area contributed by atoms with Gasteiger partial charge in [0.2, 0.25) is 10.0 Å². The molecular weight excluding hydrogens is 250 g/mol. The second-order valence-electron chi connectivity index (χ2n) is 4.34. The first-order valence-corrected chi connectivity index (χ1v) is 7.55. The Labute approximate surface area is 109 Å². The second-order valence-corrected chi connectivity index (χ2v) is 6.25. The van der Waals surface area contributed by atoms with Crippen molar-refractivity contribution in [1.29, 1.82) is 0 Å². The third-order valence-corrected chi connectivity index (χ3v) is 5.00. The molecule has 1 aromatic carbocycles. The van der Waals surface area contributed by atoms with Gasteiger partial charge in [-0.2, -0.15) is 4.31 Å². The molecular formula is C13H21NO3S. The topological polar surface area (TPSA) is 57.6 Å². The first-order chi connectivity index (χ1) is 8.43. The van der Waals surface area contributed by atoms with Crippen LogP contribution in [0.4, 0.5) is 0 Å². The molecule has 0 aliphatic rings. The lowest BCUT2D eigenvalue weighted by Gasteiger charge is -2.21. The van der Waals surface area contributed by atoms with Gasteiger partial charge < -0.3 is 5.11 Å². The van der Waals surface area contributed by atoms with E-state index in [0.717, 1.165) is 11.1 Å². The molecule has 0 unspecified atom stereocenters. The zero-order valence-corrected chi connectivity index (χ0v) is 12.0. The highest BCUT2D eigenvalue weighted by molar-refractivity contribution is 7.89. The maximum Gasteiger partial charge on any atom is 0.243 e. The van der Waals surface area contributed by atoms with E-state index in [2.05, 4.69) is 0 Å². The number of aryl methyl sites for hydroxylation is 2. The molecule has 0 atom stereocenters. The number of rotatable bonds is 6. The highest BCUT2D eigenvalue weighted by atomic mass is 32.2. The average Bonchev–Trinajstić information content (AvgIpc) is 2.29. The minimum atomic E-state index is -3.45. The van der Waals surface area contributed by atoms with Crippen LogP contribution in [0.15, 0.2) is 23.1 Å². The fraction of sp³-hybridized carbons (Fsp3) is 0.538. The summed E-state index contributed by atoms with van der Waals surface area (Å²) in [6, 6.07) is 5.33. The molecule has 0 amide bonds. The zero-order valence-electron chi connectivity index (χ0n) is 11.2. The molecule has 4 nitrogen and oxygen atoms in total. The largest absolute Gasteiger partial charge is 0.396 e. The minimum absolute atomic E-state index is 0.00109. The molecule has 0 saturated carbocycles. The number of hydrogen-bond donors (Lipinski definition) is 1. The highest BCUT2D eigenvalue weighted by Crippen LogP contribution is 2.20. The van der Waals surface area contributed by atoms with Crippen molar-refractivity contribution in [3.8, 4) is 0 Å². The first-order valence-electron chi connectivity index (χ1n) is 6.11. The molecule has 0 spiro atoms. The van der Waals surface area contributed by atoms with Crippen molar-refractivity contribution < 1.29 is 13.5 Å². The van der Waals surface area contributed by atoms with Gasteiger partial charge in [0.1, 0.15) is 0 Å². The van der Waals surface area contributed by atoms with Crippen molar-refractivity contribution >= 4 is 10.0 Å². The van der Waals surface area contributed by atoms with Crippen molar-refractivity contribution in [3.63, 3.8) is 0 Å². The summed E-state index contributed by atoms with van der Waals surface area (Å²) in [5.74, 6) is 0. The second kappa shape index (κ2) is 6.31. The maximum atomic E-state index is 12.4. The zero-order chi connectivity index (χ0) is 13.8. The Kier molecular flexibility index (Phi) is 5.31. The molecule has 0 saturated heterocycles. The average molecular weight is 271 g/mol. The molecule has 0 heterocycles. The molecule has 5 heteroatoms. The van der Waals surface area contributed by atoms with Crippen LogP contribution >= 0.6 is 0 Å². The summed E-state index contributed by atoms with van der Waals surface area (Å²) >= 11 is 0. The number of sulfonamides is 1. The Morgan fingerprint density at radius 2 is 1.94 bits per heavy atom. The highest BCUT2D eigenvalue weighted by Gasteiger charge is 2.24.